The lowest BCUT2D eigenvalue weighted by molar-refractivity contribution is 0.441. The first-order chi connectivity index (χ1) is 13.6. The average molecular weight is 389 g/mol. The SMILES string of the molecule is C=C/C=C(\C=C)Oc1ccc(C(C)(C)c2ccc(C(C)(C)CC)c(C)c2)cc1C. The zero-order chi connectivity index (χ0) is 21.8. The van der Waals surface area contributed by atoms with Crippen LogP contribution in [-0.2, 0) is 10.8 Å². The Morgan fingerprint density at radius 3 is 2.00 bits per heavy atom. The standard InChI is InChI=1S/C28H36O/c1-10-13-24(11-2)29-26-17-15-23(19-21(26)5)28(8,9)22-14-16-25(20(4)18-22)27(6,7)12-3/h10-11,13-19H,1-2,12H2,3-9H3/b24-13+. The van der Waals surface area contributed by atoms with Crippen molar-refractivity contribution in [3.8, 4) is 5.75 Å². The number of allylic oxidation sites excluding steroid dienone is 3. The maximum atomic E-state index is 5.96. The van der Waals surface area contributed by atoms with Gasteiger partial charge in [0.25, 0.3) is 0 Å². The van der Waals surface area contributed by atoms with Crippen LogP contribution < -0.4 is 4.74 Å². The molecule has 2 aromatic rings. The summed E-state index contributed by atoms with van der Waals surface area (Å²) in [5.41, 5.74) is 6.61. The van der Waals surface area contributed by atoms with Crippen LogP contribution in [0.1, 0.15) is 68.9 Å². The summed E-state index contributed by atoms with van der Waals surface area (Å²) in [5.74, 6) is 1.54. The minimum Gasteiger partial charge on any atom is -0.457 e. The summed E-state index contributed by atoms with van der Waals surface area (Å²) in [6.45, 7) is 23.3. The lowest BCUT2D eigenvalue weighted by Gasteiger charge is -2.30. The van der Waals surface area contributed by atoms with Crippen molar-refractivity contribution in [3.05, 3.63) is 101 Å². The van der Waals surface area contributed by atoms with Crippen molar-refractivity contribution in [1.29, 1.82) is 0 Å². The minimum atomic E-state index is -0.0961. The van der Waals surface area contributed by atoms with E-state index < -0.39 is 0 Å². The summed E-state index contributed by atoms with van der Waals surface area (Å²) >= 11 is 0. The van der Waals surface area contributed by atoms with Gasteiger partial charge in [0.2, 0.25) is 0 Å². The van der Waals surface area contributed by atoms with E-state index in [-0.39, 0.29) is 10.8 Å². The van der Waals surface area contributed by atoms with E-state index in [4.69, 9.17) is 4.74 Å². The normalized spacial score (nSPS) is 12.6. The topological polar surface area (TPSA) is 9.23 Å². The number of hydrogen-bond donors (Lipinski definition) is 0. The molecule has 0 unspecified atom stereocenters. The lowest BCUT2D eigenvalue weighted by atomic mass is 9.74. The third kappa shape index (κ3) is 4.90. The highest BCUT2D eigenvalue weighted by Crippen LogP contribution is 2.37. The van der Waals surface area contributed by atoms with Gasteiger partial charge in [0.15, 0.2) is 0 Å². The fourth-order valence-corrected chi connectivity index (χ4v) is 3.71. The summed E-state index contributed by atoms with van der Waals surface area (Å²) in [7, 11) is 0. The quantitative estimate of drug-likeness (QED) is 0.329. The molecule has 0 heterocycles. The molecule has 0 aliphatic heterocycles. The smallest absolute Gasteiger partial charge is 0.130 e. The van der Waals surface area contributed by atoms with Crippen LogP contribution in [0.4, 0.5) is 0 Å². The van der Waals surface area contributed by atoms with Gasteiger partial charge in [-0.3, -0.25) is 0 Å². The molecule has 0 saturated carbocycles. The molecule has 0 amide bonds. The van der Waals surface area contributed by atoms with Crippen molar-refractivity contribution < 1.29 is 4.74 Å². The van der Waals surface area contributed by atoms with Gasteiger partial charge in [-0.25, -0.2) is 0 Å². The largest absolute Gasteiger partial charge is 0.457 e. The third-order valence-corrected chi connectivity index (χ3v) is 6.17. The Hall–Kier alpha value is -2.54. The van der Waals surface area contributed by atoms with Gasteiger partial charge in [0.1, 0.15) is 11.5 Å². The van der Waals surface area contributed by atoms with E-state index in [9.17, 15) is 0 Å². The monoisotopic (exact) mass is 388 g/mol. The summed E-state index contributed by atoms with van der Waals surface area (Å²) in [4.78, 5) is 0. The molecule has 0 bridgehead atoms. The van der Waals surface area contributed by atoms with Crippen molar-refractivity contribution in [2.24, 2.45) is 0 Å². The molecule has 0 fully saturated rings. The van der Waals surface area contributed by atoms with E-state index in [1.807, 2.05) is 12.1 Å². The first-order valence-electron chi connectivity index (χ1n) is 10.4. The van der Waals surface area contributed by atoms with Crippen molar-refractivity contribution in [2.75, 3.05) is 0 Å². The van der Waals surface area contributed by atoms with Crippen molar-refractivity contribution in [3.63, 3.8) is 0 Å². The van der Waals surface area contributed by atoms with Crippen LogP contribution in [0.25, 0.3) is 0 Å². The van der Waals surface area contributed by atoms with Crippen LogP contribution in [0.2, 0.25) is 0 Å². The highest BCUT2D eigenvalue weighted by atomic mass is 16.5. The Balaban J connectivity index is 2.40. The van der Waals surface area contributed by atoms with Crippen LogP contribution in [-0.4, -0.2) is 0 Å². The first-order valence-corrected chi connectivity index (χ1v) is 10.4. The second-order valence-electron chi connectivity index (χ2n) is 8.98. The number of ether oxygens (including phenoxy) is 1. The van der Waals surface area contributed by atoms with Gasteiger partial charge in [-0.05, 0) is 71.7 Å². The van der Waals surface area contributed by atoms with Gasteiger partial charge in [-0.1, -0.05) is 84.2 Å². The van der Waals surface area contributed by atoms with E-state index in [2.05, 4.69) is 92.0 Å². The Morgan fingerprint density at radius 2 is 1.52 bits per heavy atom. The number of hydrogen-bond acceptors (Lipinski definition) is 1. The molecular formula is C28H36O. The number of aryl methyl sites for hydroxylation is 2. The molecule has 0 N–H and O–H groups in total. The Labute approximate surface area is 177 Å². The molecule has 1 nitrogen and oxygen atoms in total. The average Bonchev–Trinajstić information content (AvgIpc) is 2.68. The fourth-order valence-electron chi connectivity index (χ4n) is 3.71. The van der Waals surface area contributed by atoms with Gasteiger partial charge >= 0.3 is 0 Å². The van der Waals surface area contributed by atoms with Crippen molar-refractivity contribution in [2.45, 2.75) is 65.7 Å². The van der Waals surface area contributed by atoms with Crippen LogP contribution in [0.5, 0.6) is 5.75 Å². The van der Waals surface area contributed by atoms with E-state index in [0.29, 0.717) is 5.76 Å². The molecule has 0 aliphatic rings. The van der Waals surface area contributed by atoms with Crippen LogP contribution in [0.3, 0.4) is 0 Å². The Kier molecular flexibility index (Phi) is 6.95. The lowest BCUT2D eigenvalue weighted by Crippen LogP contribution is -2.21. The zero-order valence-corrected chi connectivity index (χ0v) is 19.2. The maximum Gasteiger partial charge on any atom is 0.130 e. The molecule has 1 heteroatoms. The van der Waals surface area contributed by atoms with E-state index >= 15 is 0 Å². The highest BCUT2D eigenvalue weighted by molar-refractivity contribution is 5.47. The van der Waals surface area contributed by atoms with Crippen LogP contribution in [0.15, 0.2) is 73.5 Å². The van der Waals surface area contributed by atoms with Crippen molar-refractivity contribution >= 4 is 0 Å². The van der Waals surface area contributed by atoms with Gasteiger partial charge in [0, 0.05) is 5.41 Å². The van der Waals surface area contributed by atoms with E-state index in [1.165, 1.54) is 22.3 Å². The predicted octanol–water partition coefficient (Wildman–Crippen LogP) is 7.95. The van der Waals surface area contributed by atoms with Gasteiger partial charge in [0.05, 0.1) is 0 Å². The Morgan fingerprint density at radius 1 is 0.931 bits per heavy atom. The van der Waals surface area contributed by atoms with E-state index in [0.717, 1.165) is 17.7 Å². The molecule has 0 atom stereocenters. The molecule has 0 radical (unpaired) electrons. The second-order valence-corrected chi connectivity index (χ2v) is 8.98. The zero-order valence-electron chi connectivity index (χ0n) is 19.2. The second kappa shape index (κ2) is 8.86. The Bertz CT molecular complexity index is 925. The molecule has 0 saturated heterocycles. The molecule has 2 rings (SSSR count). The summed E-state index contributed by atoms with van der Waals surface area (Å²) in [5, 5.41) is 0. The fraction of sp³-hybridized carbons (Fsp3) is 0.357. The number of rotatable bonds is 8. The summed E-state index contributed by atoms with van der Waals surface area (Å²) < 4.78 is 5.96. The molecule has 2 aromatic carbocycles. The molecule has 29 heavy (non-hydrogen) atoms. The van der Waals surface area contributed by atoms with Crippen molar-refractivity contribution in [1.82, 2.24) is 0 Å². The molecule has 0 aromatic heterocycles. The molecule has 0 spiro atoms. The highest BCUT2D eigenvalue weighted by Gasteiger charge is 2.26. The maximum absolute atomic E-state index is 5.96. The molecular weight excluding hydrogens is 352 g/mol. The van der Waals surface area contributed by atoms with Gasteiger partial charge in [-0.2, -0.15) is 0 Å². The van der Waals surface area contributed by atoms with Gasteiger partial charge in [-0.15, -0.1) is 0 Å². The summed E-state index contributed by atoms with van der Waals surface area (Å²) in [6, 6.07) is 13.4. The third-order valence-electron chi connectivity index (χ3n) is 6.17. The predicted molar refractivity (Wildman–Crippen MR) is 127 cm³/mol. The van der Waals surface area contributed by atoms with E-state index in [1.54, 1.807) is 12.2 Å². The first kappa shape index (κ1) is 22.7. The summed E-state index contributed by atoms with van der Waals surface area (Å²) in [6.07, 6.45) is 6.34. The number of benzene rings is 2. The van der Waals surface area contributed by atoms with Crippen LogP contribution in [0, 0.1) is 13.8 Å². The van der Waals surface area contributed by atoms with Gasteiger partial charge < -0.3 is 4.74 Å². The van der Waals surface area contributed by atoms with Crippen LogP contribution >= 0.6 is 0 Å². The molecule has 154 valence electrons. The minimum absolute atomic E-state index is 0.0961. The molecule has 0 aliphatic carbocycles.